The van der Waals surface area contributed by atoms with Crippen molar-refractivity contribution >= 4 is 27.5 Å². The minimum Gasteiger partial charge on any atom is -0.493 e. The molecule has 0 saturated heterocycles. The molecule has 0 fully saturated rings. The summed E-state index contributed by atoms with van der Waals surface area (Å²) in [6.45, 7) is 2.80. The minimum atomic E-state index is -0.189. The largest absolute Gasteiger partial charge is 0.493 e. The molecule has 0 saturated carbocycles. The van der Waals surface area contributed by atoms with Gasteiger partial charge in [0.15, 0.2) is 11.5 Å². The number of carbonyl (C=O) groups is 1. The van der Waals surface area contributed by atoms with Gasteiger partial charge in [0, 0.05) is 13.1 Å². The Kier molecular flexibility index (Phi) is 5.75. The van der Waals surface area contributed by atoms with Gasteiger partial charge < -0.3 is 14.4 Å². The van der Waals surface area contributed by atoms with Crippen molar-refractivity contribution in [3.63, 3.8) is 0 Å². The van der Waals surface area contributed by atoms with Gasteiger partial charge in [-0.15, -0.1) is 11.3 Å². The molecule has 142 valence electrons. The van der Waals surface area contributed by atoms with E-state index >= 15 is 0 Å². The number of hydrogen-bond donors (Lipinski definition) is 0. The van der Waals surface area contributed by atoms with Crippen molar-refractivity contribution in [2.24, 2.45) is 0 Å². The van der Waals surface area contributed by atoms with Gasteiger partial charge in [-0.1, -0.05) is 6.07 Å². The van der Waals surface area contributed by atoms with Crippen LogP contribution in [0.3, 0.4) is 0 Å². The summed E-state index contributed by atoms with van der Waals surface area (Å²) >= 11 is 1.33. The lowest BCUT2D eigenvalue weighted by Gasteiger charge is -2.22. The van der Waals surface area contributed by atoms with Gasteiger partial charge in [0.1, 0.15) is 11.2 Å². The number of benzene rings is 1. The van der Waals surface area contributed by atoms with Crippen molar-refractivity contribution in [3.05, 3.63) is 51.9 Å². The lowest BCUT2D eigenvalue weighted by molar-refractivity contribution is -0.132. The quantitative estimate of drug-likeness (QED) is 0.623. The van der Waals surface area contributed by atoms with E-state index in [1.165, 1.54) is 22.2 Å². The van der Waals surface area contributed by atoms with E-state index in [4.69, 9.17) is 9.47 Å². The van der Waals surface area contributed by atoms with Crippen molar-refractivity contribution in [1.82, 2.24) is 14.5 Å². The van der Waals surface area contributed by atoms with Gasteiger partial charge in [-0.05, 0) is 36.1 Å². The maximum atomic E-state index is 12.7. The molecule has 0 atom stereocenters. The normalized spacial score (nSPS) is 10.8. The van der Waals surface area contributed by atoms with Gasteiger partial charge in [0.05, 0.1) is 26.1 Å². The van der Waals surface area contributed by atoms with Gasteiger partial charge in [-0.3, -0.25) is 14.2 Å². The van der Waals surface area contributed by atoms with Gasteiger partial charge in [-0.25, -0.2) is 4.98 Å². The Morgan fingerprint density at radius 2 is 2.00 bits per heavy atom. The topological polar surface area (TPSA) is 73.7 Å². The fourth-order valence-corrected chi connectivity index (χ4v) is 3.61. The van der Waals surface area contributed by atoms with Crippen LogP contribution in [0.15, 0.2) is 40.8 Å². The third kappa shape index (κ3) is 3.95. The predicted molar refractivity (Wildman–Crippen MR) is 105 cm³/mol. The number of nitrogens with zero attached hydrogens (tertiary/aromatic N) is 3. The predicted octanol–water partition coefficient (Wildman–Crippen LogP) is 2.52. The number of aromatic nitrogens is 2. The van der Waals surface area contributed by atoms with E-state index in [1.54, 1.807) is 25.2 Å². The molecule has 2 aromatic heterocycles. The molecular weight excluding hydrogens is 366 g/mol. The fraction of sp³-hybridized carbons (Fsp3) is 0.316. The number of hydrogen-bond acceptors (Lipinski definition) is 6. The first kappa shape index (κ1) is 18.9. The van der Waals surface area contributed by atoms with E-state index < -0.39 is 0 Å². The van der Waals surface area contributed by atoms with Crippen LogP contribution in [0.25, 0.3) is 10.2 Å². The van der Waals surface area contributed by atoms with E-state index in [2.05, 4.69) is 4.98 Å². The Hall–Kier alpha value is -2.87. The Labute approximate surface area is 160 Å². The molecule has 0 spiro atoms. The van der Waals surface area contributed by atoms with E-state index in [0.717, 1.165) is 5.56 Å². The zero-order chi connectivity index (χ0) is 19.4. The zero-order valence-corrected chi connectivity index (χ0v) is 16.3. The summed E-state index contributed by atoms with van der Waals surface area (Å²) in [5, 5.41) is 1.82. The molecule has 7 nitrogen and oxygen atoms in total. The molecule has 0 aliphatic heterocycles. The van der Waals surface area contributed by atoms with Crippen LogP contribution in [0.1, 0.15) is 12.5 Å². The van der Waals surface area contributed by atoms with Gasteiger partial charge >= 0.3 is 0 Å². The summed E-state index contributed by atoms with van der Waals surface area (Å²) in [7, 11) is 3.15. The van der Waals surface area contributed by atoms with Crippen LogP contribution in [0.2, 0.25) is 0 Å². The summed E-state index contributed by atoms with van der Waals surface area (Å²) < 4.78 is 12.5. The first-order chi connectivity index (χ1) is 13.1. The molecule has 3 rings (SSSR count). The second-order valence-corrected chi connectivity index (χ2v) is 6.83. The highest BCUT2D eigenvalue weighted by molar-refractivity contribution is 7.17. The van der Waals surface area contributed by atoms with Crippen molar-refractivity contribution in [1.29, 1.82) is 0 Å². The van der Waals surface area contributed by atoms with Crippen LogP contribution >= 0.6 is 11.3 Å². The van der Waals surface area contributed by atoms with Crippen molar-refractivity contribution in [3.8, 4) is 11.5 Å². The average molecular weight is 387 g/mol. The van der Waals surface area contributed by atoms with Crippen LogP contribution in [-0.4, -0.2) is 41.1 Å². The molecule has 3 aromatic rings. The number of likely N-dealkylation sites (N-methyl/N-ethyl adjacent to an activating group) is 1. The number of ether oxygens (including phenoxy) is 2. The molecule has 0 aliphatic carbocycles. The molecule has 0 unspecified atom stereocenters. The Morgan fingerprint density at radius 1 is 1.22 bits per heavy atom. The first-order valence-electron chi connectivity index (χ1n) is 8.48. The number of carbonyl (C=O) groups excluding carboxylic acids is 1. The van der Waals surface area contributed by atoms with Gasteiger partial charge in [0.25, 0.3) is 5.56 Å². The van der Waals surface area contributed by atoms with Gasteiger partial charge in [0.2, 0.25) is 5.91 Å². The highest BCUT2D eigenvalue weighted by atomic mass is 32.1. The third-order valence-electron chi connectivity index (χ3n) is 4.30. The summed E-state index contributed by atoms with van der Waals surface area (Å²) in [6.07, 6.45) is 1.43. The molecular formula is C19H21N3O4S. The van der Waals surface area contributed by atoms with E-state index in [0.29, 0.717) is 34.8 Å². The molecule has 27 heavy (non-hydrogen) atoms. The summed E-state index contributed by atoms with van der Waals surface area (Å²) in [6, 6.07) is 7.34. The lowest BCUT2D eigenvalue weighted by Crippen LogP contribution is -2.36. The number of fused-ring (bicyclic) bond motifs is 1. The molecule has 0 bridgehead atoms. The SMILES string of the molecule is CCN(Cc1ccc(OC)c(OC)c1)C(=O)Cn1cnc2ccsc2c1=O. The van der Waals surface area contributed by atoms with E-state index in [1.807, 2.05) is 30.5 Å². The molecule has 0 N–H and O–H groups in total. The minimum absolute atomic E-state index is 0.0409. The summed E-state index contributed by atoms with van der Waals surface area (Å²) in [4.78, 5) is 31.1. The second-order valence-electron chi connectivity index (χ2n) is 5.91. The van der Waals surface area contributed by atoms with E-state index in [-0.39, 0.29) is 18.0 Å². The van der Waals surface area contributed by atoms with Crippen molar-refractivity contribution < 1.29 is 14.3 Å². The number of thiophene rings is 1. The molecule has 0 radical (unpaired) electrons. The van der Waals surface area contributed by atoms with Crippen LogP contribution < -0.4 is 15.0 Å². The standard InChI is InChI=1S/C19H21N3O4S/c1-4-21(10-13-5-6-15(25-2)16(9-13)26-3)17(23)11-22-12-20-14-7-8-27-18(14)19(22)24/h5-9,12H,4,10-11H2,1-3H3. The molecule has 1 amide bonds. The zero-order valence-electron chi connectivity index (χ0n) is 15.5. The smallest absolute Gasteiger partial charge is 0.271 e. The van der Waals surface area contributed by atoms with Gasteiger partial charge in [-0.2, -0.15) is 0 Å². The lowest BCUT2D eigenvalue weighted by atomic mass is 10.2. The monoisotopic (exact) mass is 387 g/mol. The number of amides is 1. The maximum Gasteiger partial charge on any atom is 0.271 e. The average Bonchev–Trinajstić information content (AvgIpc) is 3.17. The van der Waals surface area contributed by atoms with E-state index in [9.17, 15) is 9.59 Å². The first-order valence-corrected chi connectivity index (χ1v) is 9.36. The highest BCUT2D eigenvalue weighted by Crippen LogP contribution is 2.28. The number of methoxy groups -OCH3 is 2. The van der Waals surface area contributed by atoms with Crippen LogP contribution in [0, 0.1) is 0 Å². The van der Waals surface area contributed by atoms with Crippen LogP contribution in [0.5, 0.6) is 11.5 Å². The van der Waals surface area contributed by atoms with Crippen LogP contribution in [-0.2, 0) is 17.9 Å². The fourth-order valence-electron chi connectivity index (χ4n) is 2.81. The molecule has 0 aliphatic rings. The third-order valence-corrected chi connectivity index (χ3v) is 5.19. The Balaban J connectivity index is 1.77. The maximum absolute atomic E-state index is 12.7. The summed E-state index contributed by atoms with van der Waals surface area (Å²) in [5.41, 5.74) is 1.39. The highest BCUT2D eigenvalue weighted by Gasteiger charge is 2.16. The second kappa shape index (κ2) is 8.22. The summed E-state index contributed by atoms with van der Waals surface area (Å²) in [5.74, 6) is 1.10. The van der Waals surface area contributed by atoms with Crippen LogP contribution in [0.4, 0.5) is 0 Å². The van der Waals surface area contributed by atoms with Crippen molar-refractivity contribution in [2.45, 2.75) is 20.0 Å². The number of rotatable bonds is 7. The molecule has 8 heteroatoms. The molecule has 1 aromatic carbocycles. The van der Waals surface area contributed by atoms with Crippen molar-refractivity contribution in [2.75, 3.05) is 20.8 Å². The molecule has 2 heterocycles. The Bertz CT molecular complexity index is 1010. The Morgan fingerprint density at radius 3 is 2.70 bits per heavy atom.